The van der Waals surface area contributed by atoms with Crippen molar-refractivity contribution in [2.75, 3.05) is 46.4 Å². The van der Waals surface area contributed by atoms with Crippen LogP contribution in [0.5, 0.6) is 0 Å². The number of nitrogens with one attached hydrogen (secondary N) is 1. The van der Waals surface area contributed by atoms with Gasteiger partial charge in [-0.1, -0.05) is 6.92 Å². The Bertz CT molecular complexity index is 206. The van der Waals surface area contributed by atoms with Crippen molar-refractivity contribution in [3.05, 3.63) is 0 Å². The van der Waals surface area contributed by atoms with Crippen LogP contribution < -0.4 is 11.1 Å². The SMILES string of the molecule is COCC(CCCN)NCCCN1CCC(C)CC1. The highest BCUT2D eigenvalue weighted by molar-refractivity contribution is 4.71. The van der Waals surface area contributed by atoms with Crippen molar-refractivity contribution >= 4 is 0 Å². The van der Waals surface area contributed by atoms with E-state index in [4.69, 9.17) is 10.5 Å². The Morgan fingerprint density at radius 1 is 1.32 bits per heavy atom. The Kier molecular flexibility index (Phi) is 9.43. The number of methoxy groups -OCH3 is 1. The third-order valence-electron chi connectivity index (χ3n) is 4.08. The maximum atomic E-state index is 5.56. The summed E-state index contributed by atoms with van der Waals surface area (Å²) in [6.45, 7) is 8.83. The van der Waals surface area contributed by atoms with Crippen LogP contribution in [0.25, 0.3) is 0 Å². The zero-order valence-electron chi connectivity index (χ0n) is 12.9. The first-order valence-electron chi connectivity index (χ1n) is 7.91. The summed E-state index contributed by atoms with van der Waals surface area (Å²) < 4.78 is 5.25. The van der Waals surface area contributed by atoms with Crippen LogP contribution in [0, 0.1) is 5.92 Å². The second-order valence-electron chi connectivity index (χ2n) is 5.92. The van der Waals surface area contributed by atoms with Crippen LogP contribution in [0.4, 0.5) is 0 Å². The predicted molar refractivity (Wildman–Crippen MR) is 81.4 cm³/mol. The molecule has 1 unspecified atom stereocenters. The van der Waals surface area contributed by atoms with Crippen LogP contribution in [0.15, 0.2) is 0 Å². The van der Waals surface area contributed by atoms with Gasteiger partial charge >= 0.3 is 0 Å². The van der Waals surface area contributed by atoms with Gasteiger partial charge in [0.2, 0.25) is 0 Å². The largest absolute Gasteiger partial charge is 0.383 e. The quantitative estimate of drug-likeness (QED) is 0.591. The molecule has 19 heavy (non-hydrogen) atoms. The summed E-state index contributed by atoms with van der Waals surface area (Å²) in [6.07, 6.45) is 6.17. The number of ether oxygens (including phenoxy) is 1. The number of nitrogens with zero attached hydrogens (tertiary/aromatic N) is 1. The minimum atomic E-state index is 0.468. The van der Waals surface area contributed by atoms with Gasteiger partial charge in [0.05, 0.1) is 6.61 Å². The smallest absolute Gasteiger partial charge is 0.0615 e. The first-order chi connectivity index (χ1) is 9.26. The van der Waals surface area contributed by atoms with Crippen molar-refractivity contribution < 1.29 is 4.74 Å². The highest BCUT2D eigenvalue weighted by Crippen LogP contribution is 2.15. The third-order valence-corrected chi connectivity index (χ3v) is 4.08. The molecule has 1 aliphatic rings. The fourth-order valence-corrected chi connectivity index (χ4v) is 2.70. The van der Waals surface area contributed by atoms with Crippen LogP contribution in [-0.2, 0) is 4.74 Å². The van der Waals surface area contributed by atoms with E-state index < -0.39 is 0 Å². The highest BCUT2D eigenvalue weighted by Gasteiger charge is 2.15. The average Bonchev–Trinajstić information content (AvgIpc) is 2.42. The van der Waals surface area contributed by atoms with Gasteiger partial charge < -0.3 is 20.7 Å². The molecule has 0 saturated carbocycles. The van der Waals surface area contributed by atoms with Crippen molar-refractivity contribution in [2.45, 2.75) is 45.1 Å². The number of likely N-dealkylation sites (tertiary alicyclic amines) is 1. The highest BCUT2D eigenvalue weighted by atomic mass is 16.5. The van der Waals surface area contributed by atoms with E-state index in [0.29, 0.717) is 6.04 Å². The van der Waals surface area contributed by atoms with Gasteiger partial charge in [-0.25, -0.2) is 0 Å². The van der Waals surface area contributed by atoms with E-state index in [9.17, 15) is 0 Å². The third kappa shape index (κ3) is 7.88. The second-order valence-corrected chi connectivity index (χ2v) is 5.92. The van der Waals surface area contributed by atoms with Gasteiger partial charge in [0.25, 0.3) is 0 Å². The van der Waals surface area contributed by atoms with Crippen LogP contribution in [0.2, 0.25) is 0 Å². The molecule has 0 amide bonds. The normalized spacial score (nSPS) is 19.7. The minimum absolute atomic E-state index is 0.468. The average molecular weight is 271 g/mol. The molecule has 1 atom stereocenters. The zero-order valence-corrected chi connectivity index (χ0v) is 12.9. The van der Waals surface area contributed by atoms with Crippen molar-refractivity contribution in [3.63, 3.8) is 0 Å². The molecule has 0 aromatic heterocycles. The molecule has 0 aliphatic carbocycles. The molecule has 0 aromatic carbocycles. The fraction of sp³-hybridized carbons (Fsp3) is 1.00. The summed E-state index contributed by atoms with van der Waals surface area (Å²) >= 11 is 0. The lowest BCUT2D eigenvalue weighted by Gasteiger charge is -2.30. The number of hydrogen-bond acceptors (Lipinski definition) is 4. The number of rotatable bonds is 10. The molecule has 1 rings (SSSR count). The molecule has 4 heteroatoms. The van der Waals surface area contributed by atoms with E-state index in [0.717, 1.165) is 38.5 Å². The lowest BCUT2D eigenvalue weighted by Crippen LogP contribution is -2.38. The number of nitrogens with two attached hydrogens (primary N) is 1. The zero-order chi connectivity index (χ0) is 13.9. The topological polar surface area (TPSA) is 50.5 Å². The second kappa shape index (κ2) is 10.6. The van der Waals surface area contributed by atoms with Gasteiger partial charge in [-0.3, -0.25) is 0 Å². The van der Waals surface area contributed by atoms with Gasteiger partial charge in [0, 0.05) is 13.2 Å². The predicted octanol–water partition coefficient (Wildman–Crippen LogP) is 1.45. The Labute approximate surface area is 119 Å². The summed E-state index contributed by atoms with van der Waals surface area (Å²) in [5.41, 5.74) is 5.56. The molecule has 0 aromatic rings. The number of piperidine rings is 1. The number of hydrogen-bond donors (Lipinski definition) is 2. The first-order valence-corrected chi connectivity index (χ1v) is 7.91. The van der Waals surface area contributed by atoms with E-state index in [2.05, 4.69) is 17.1 Å². The molecule has 114 valence electrons. The minimum Gasteiger partial charge on any atom is -0.383 e. The Balaban J connectivity index is 2.04. The molecule has 0 spiro atoms. The molecular weight excluding hydrogens is 238 g/mol. The maximum absolute atomic E-state index is 5.56. The molecule has 1 aliphatic heterocycles. The summed E-state index contributed by atoms with van der Waals surface area (Å²) in [7, 11) is 1.77. The van der Waals surface area contributed by atoms with E-state index in [1.165, 1.54) is 38.9 Å². The Hall–Kier alpha value is -0.160. The van der Waals surface area contributed by atoms with Gasteiger partial charge in [-0.05, 0) is 70.7 Å². The molecule has 1 heterocycles. The van der Waals surface area contributed by atoms with E-state index in [1.54, 1.807) is 7.11 Å². The Morgan fingerprint density at radius 2 is 2.05 bits per heavy atom. The van der Waals surface area contributed by atoms with E-state index in [-0.39, 0.29) is 0 Å². The van der Waals surface area contributed by atoms with Crippen LogP contribution in [0.1, 0.15) is 39.0 Å². The van der Waals surface area contributed by atoms with Crippen LogP contribution >= 0.6 is 0 Å². The molecular formula is C15H33N3O. The fourth-order valence-electron chi connectivity index (χ4n) is 2.70. The monoisotopic (exact) mass is 271 g/mol. The molecule has 3 N–H and O–H groups in total. The standard InChI is InChI=1S/C15H33N3O/c1-14-6-11-18(12-7-14)10-4-9-17-15(13-19-2)5-3-8-16/h14-15,17H,3-13,16H2,1-2H3. The van der Waals surface area contributed by atoms with Crippen molar-refractivity contribution in [1.29, 1.82) is 0 Å². The molecule has 1 saturated heterocycles. The molecule has 4 nitrogen and oxygen atoms in total. The summed E-state index contributed by atoms with van der Waals surface area (Å²) in [5, 5.41) is 3.60. The van der Waals surface area contributed by atoms with E-state index >= 15 is 0 Å². The van der Waals surface area contributed by atoms with Crippen LogP contribution in [0.3, 0.4) is 0 Å². The molecule has 0 bridgehead atoms. The van der Waals surface area contributed by atoms with Gasteiger partial charge in [0.1, 0.15) is 0 Å². The lowest BCUT2D eigenvalue weighted by molar-refractivity contribution is 0.158. The summed E-state index contributed by atoms with van der Waals surface area (Å²) in [4.78, 5) is 2.60. The van der Waals surface area contributed by atoms with Crippen LogP contribution in [-0.4, -0.2) is 57.4 Å². The van der Waals surface area contributed by atoms with Gasteiger partial charge in [0.15, 0.2) is 0 Å². The van der Waals surface area contributed by atoms with Crippen molar-refractivity contribution in [1.82, 2.24) is 10.2 Å². The maximum Gasteiger partial charge on any atom is 0.0615 e. The Morgan fingerprint density at radius 3 is 2.68 bits per heavy atom. The van der Waals surface area contributed by atoms with E-state index in [1.807, 2.05) is 0 Å². The van der Waals surface area contributed by atoms with Gasteiger partial charge in [-0.2, -0.15) is 0 Å². The first kappa shape index (κ1) is 16.9. The lowest BCUT2D eigenvalue weighted by atomic mass is 9.99. The molecule has 0 radical (unpaired) electrons. The van der Waals surface area contributed by atoms with Gasteiger partial charge in [-0.15, -0.1) is 0 Å². The van der Waals surface area contributed by atoms with Crippen molar-refractivity contribution in [2.24, 2.45) is 11.7 Å². The summed E-state index contributed by atoms with van der Waals surface area (Å²) in [5.74, 6) is 0.928. The van der Waals surface area contributed by atoms with Crippen molar-refractivity contribution in [3.8, 4) is 0 Å². The molecule has 1 fully saturated rings. The summed E-state index contributed by atoms with van der Waals surface area (Å²) in [6, 6.07) is 0.468.